The summed E-state index contributed by atoms with van der Waals surface area (Å²) in [4.78, 5) is 10.8. The molecule has 0 saturated carbocycles. The van der Waals surface area contributed by atoms with E-state index in [4.69, 9.17) is 9.84 Å². The fraction of sp³-hybridized carbons (Fsp3) is 0.118. The molecule has 0 unspecified atom stereocenters. The SMILES string of the molecule is C/C(=C\c1ccc(Oc2ccccc2C)cc1)C(=O)O. The van der Waals surface area contributed by atoms with Crippen LogP contribution in [0.3, 0.4) is 0 Å². The summed E-state index contributed by atoms with van der Waals surface area (Å²) >= 11 is 0. The van der Waals surface area contributed by atoms with Gasteiger partial charge in [-0.15, -0.1) is 0 Å². The highest BCUT2D eigenvalue weighted by Gasteiger charge is 2.02. The number of aryl methyl sites for hydroxylation is 1. The lowest BCUT2D eigenvalue weighted by Gasteiger charge is -2.08. The molecule has 0 aromatic heterocycles. The highest BCUT2D eigenvalue weighted by molar-refractivity contribution is 5.91. The molecular formula is C17H16O3. The van der Waals surface area contributed by atoms with Crippen molar-refractivity contribution in [1.82, 2.24) is 0 Å². The molecule has 2 rings (SSSR count). The van der Waals surface area contributed by atoms with Gasteiger partial charge in [0.2, 0.25) is 0 Å². The molecular weight excluding hydrogens is 252 g/mol. The van der Waals surface area contributed by atoms with Gasteiger partial charge >= 0.3 is 5.97 Å². The van der Waals surface area contributed by atoms with Crippen molar-refractivity contribution >= 4 is 12.0 Å². The van der Waals surface area contributed by atoms with Crippen molar-refractivity contribution in [3.63, 3.8) is 0 Å². The summed E-state index contributed by atoms with van der Waals surface area (Å²) in [6.45, 7) is 3.56. The highest BCUT2D eigenvalue weighted by atomic mass is 16.5. The summed E-state index contributed by atoms with van der Waals surface area (Å²) in [5.74, 6) is 0.632. The van der Waals surface area contributed by atoms with Gasteiger partial charge in [-0.25, -0.2) is 4.79 Å². The smallest absolute Gasteiger partial charge is 0.331 e. The van der Waals surface area contributed by atoms with E-state index in [1.165, 1.54) is 0 Å². The van der Waals surface area contributed by atoms with E-state index in [-0.39, 0.29) is 0 Å². The molecule has 2 aromatic carbocycles. The van der Waals surface area contributed by atoms with Crippen molar-refractivity contribution in [1.29, 1.82) is 0 Å². The van der Waals surface area contributed by atoms with E-state index in [9.17, 15) is 4.79 Å². The van der Waals surface area contributed by atoms with Crippen LogP contribution < -0.4 is 4.74 Å². The van der Waals surface area contributed by atoms with Gasteiger partial charge in [0, 0.05) is 5.57 Å². The quantitative estimate of drug-likeness (QED) is 0.842. The second-order valence-electron chi connectivity index (χ2n) is 4.57. The molecule has 0 atom stereocenters. The Labute approximate surface area is 118 Å². The molecule has 3 nitrogen and oxygen atoms in total. The molecule has 0 aliphatic carbocycles. The van der Waals surface area contributed by atoms with Crippen LogP contribution in [0.5, 0.6) is 11.5 Å². The number of carbonyl (C=O) groups is 1. The summed E-state index contributed by atoms with van der Waals surface area (Å²) < 4.78 is 5.78. The Balaban J connectivity index is 2.15. The average molecular weight is 268 g/mol. The second-order valence-corrected chi connectivity index (χ2v) is 4.57. The van der Waals surface area contributed by atoms with E-state index in [0.29, 0.717) is 5.57 Å². The maximum absolute atomic E-state index is 10.8. The number of aliphatic carboxylic acids is 1. The van der Waals surface area contributed by atoms with Gasteiger partial charge in [0.15, 0.2) is 0 Å². The van der Waals surface area contributed by atoms with Crippen molar-refractivity contribution in [3.05, 3.63) is 65.2 Å². The van der Waals surface area contributed by atoms with Crippen LogP contribution in [0.15, 0.2) is 54.1 Å². The maximum Gasteiger partial charge on any atom is 0.331 e. The van der Waals surface area contributed by atoms with Crippen LogP contribution in [-0.4, -0.2) is 11.1 Å². The lowest BCUT2D eigenvalue weighted by Crippen LogP contribution is -1.95. The lowest BCUT2D eigenvalue weighted by atomic mass is 10.1. The molecule has 102 valence electrons. The molecule has 20 heavy (non-hydrogen) atoms. The minimum absolute atomic E-state index is 0.303. The zero-order valence-corrected chi connectivity index (χ0v) is 11.5. The van der Waals surface area contributed by atoms with Gasteiger partial charge in [-0.05, 0) is 49.2 Å². The zero-order chi connectivity index (χ0) is 14.5. The van der Waals surface area contributed by atoms with Crippen molar-refractivity contribution in [2.45, 2.75) is 13.8 Å². The third-order valence-electron chi connectivity index (χ3n) is 2.92. The van der Waals surface area contributed by atoms with Crippen LogP contribution in [0.4, 0.5) is 0 Å². The second kappa shape index (κ2) is 6.06. The largest absolute Gasteiger partial charge is 0.478 e. The standard InChI is InChI=1S/C17H16O3/c1-12-5-3-4-6-16(12)20-15-9-7-14(8-10-15)11-13(2)17(18)19/h3-11H,1-2H3,(H,18,19)/b13-11+. The Hall–Kier alpha value is -2.55. The summed E-state index contributed by atoms with van der Waals surface area (Å²) in [5.41, 5.74) is 2.21. The molecule has 1 N–H and O–H groups in total. The first-order valence-electron chi connectivity index (χ1n) is 6.31. The van der Waals surface area contributed by atoms with Crippen molar-refractivity contribution in [3.8, 4) is 11.5 Å². The molecule has 0 bridgehead atoms. The predicted molar refractivity (Wildman–Crippen MR) is 79.0 cm³/mol. The first-order valence-corrected chi connectivity index (χ1v) is 6.31. The molecule has 0 fully saturated rings. The molecule has 0 aliphatic heterocycles. The van der Waals surface area contributed by atoms with Crippen LogP contribution in [0.1, 0.15) is 18.1 Å². The monoisotopic (exact) mass is 268 g/mol. The maximum atomic E-state index is 10.8. The molecule has 0 heterocycles. The molecule has 0 amide bonds. The van der Waals surface area contributed by atoms with Gasteiger partial charge in [0.1, 0.15) is 11.5 Å². The number of rotatable bonds is 4. The van der Waals surface area contributed by atoms with Crippen LogP contribution in [0.25, 0.3) is 6.08 Å². The van der Waals surface area contributed by atoms with E-state index in [0.717, 1.165) is 22.6 Å². The number of ether oxygens (including phenoxy) is 1. The van der Waals surface area contributed by atoms with Crippen LogP contribution in [-0.2, 0) is 4.79 Å². The molecule has 3 heteroatoms. The third-order valence-corrected chi connectivity index (χ3v) is 2.92. The number of carboxylic acid groups (broad SMARTS) is 1. The van der Waals surface area contributed by atoms with Crippen molar-refractivity contribution in [2.75, 3.05) is 0 Å². The van der Waals surface area contributed by atoms with Gasteiger partial charge in [0.05, 0.1) is 0 Å². The normalized spacial score (nSPS) is 11.2. The van der Waals surface area contributed by atoms with E-state index in [2.05, 4.69) is 0 Å². The van der Waals surface area contributed by atoms with Crippen LogP contribution in [0, 0.1) is 6.92 Å². The number of benzene rings is 2. The average Bonchev–Trinajstić information content (AvgIpc) is 2.43. The van der Waals surface area contributed by atoms with Crippen LogP contribution in [0.2, 0.25) is 0 Å². The lowest BCUT2D eigenvalue weighted by molar-refractivity contribution is -0.132. The predicted octanol–water partition coefficient (Wildman–Crippen LogP) is 4.28. The van der Waals surface area contributed by atoms with Crippen molar-refractivity contribution in [2.24, 2.45) is 0 Å². The molecule has 0 aliphatic rings. The van der Waals surface area contributed by atoms with Gasteiger partial charge < -0.3 is 9.84 Å². The van der Waals surface area contributed by atoms with Gasteiger partial charge in [-0.1, -0.05) is 30.3 Å². The van der Waals surface area contributed by atoms with Crippen LogP contribution >= 0.6 is 0 Å². The first-order chi connectivity index (χ1) is 9.56. The first kappa shape index (κ1) is 13.9. The Morgan fingerprint density at radius 2 is 1.75 bits per heavy atom. The Kier molecular flexibility index (Phi) is 4.20. The number of hydrogen-bond donors (Lipinski definition) is 1. The Bertz CT molecular complexity index is 640. The van der Waals surface area contributed by atoms with Crippen molar-refractivity contribution < 1.29 is 14.6 Å². The number of para-hydroxylation sites is 1. The third kappa shape index (κ3) is 3.48. The molecule has 2 aromatic rings. The zero-order valence-electron chi connectivity index (χ0n) is 11.5. The summed E-state index contributed by atoms with van der Waals surface area (Å²) in [7, 11) is 0. The summed E-state index contributed by atoms with van der Waals surface area (Å²) in [5, 5.41) is 8.83. The molecule has 0 radical (unpaired) electrons. The number of carboxylic acids is 1. The van der Waals surface area contributed by atoms with E-state index in [1.54, 1.807) is 13.0 Å². The Morgan fingerprint density at radius 1 is 1.10 bits per heavy atom. The fourth-order valence-corrected chi connectivity index (χ4v) is 1.74. The topological polar surface area (TPSA) is 46.5 Å². The highest BCUT2D eigenvalue weighted by Crippen LogP contribution is 2.25. The summed E-state index contributed by atoms with van der Waals surface area (Å²) in [6.07, 6.45) is 1.62. The molecule has 0 saturated heterocycles. The van der Waals surface area contributed by atoms with E-state index in [1.807, 2.05) is 55.5 Å². The minimum atomic E-state index is -0.912. The van der Waals surface area contributed by atoms with Gasteiger partial charge in [-0.2, -0.15) is 0 Å². The summed E-state index contributed by atoms with van der Waals surface area (Å²) in [6, 6.07) is 15.1. The molecule has 0 spiro atoms. The fourth-order valence-electron chi connectivity index (χ4n) is 1.74. The minimum Gasteiger partial charge on any atom is -0.478 e. The Morgan fingerprint density at radius 3 is 2.35 bits per heavy atom. The number of hydrogen-bond acceptors (Lipinski definition) is 2. The van der Waals surface area contributed by atoms with E-state index >= 15 is 0 Å². The van der Waals surface area contributed by atoms with E-state index < -0.39 is 5.97 Å². The van der Waals surface area contributed by atoms with Gasteiger partial charge in [-0.3, -0.25) is 0 Å². The van der Waals surface area contributed by atoms with Gasteiger partial charge in [0.25, 0.3) is 0 Å².